The molecule has 0 aliphatic heterocycles. The van der Waals surface area contributed by atoms with Crippen molar-refractivity contribution in [1.29, 1.82) is 0 Å². The van der Waals surface area contributed by atoms with Gasteiger partial charge in [0.05, 0.1) is 23.1 Å². The first-order valence-electron chi connectivity index (χ1n) is 5.80. The maximum absolute atomic E-state index is 12.8. The van der Waals surface area contributed by atoms with E-state index in [1.165, 1.54) is 24.3 Å². The van der Waals surface area contributed by atoms with E-state index in [9.17, 15) is 14.1 Å². The quantitative estimate of drug-likeness (QED) is 0.671. The van der Waals surface area contributed by atoms with Crippen LogP contribution in [-0.4, -0.2) is 11.1 Å². The van der Waals surface area contributed by atoms with Gasteiger partial charge in [-0.1, -0.05) is 12.1 Å². The largest absolute Gasteiger partial charge is 0.481 e. The minimum atomic E-state index is -0.929. The molecular weight excluding hydrogens is 263 g/mol. The van der Waals surface area contributed by atoms with E-state index in [1.54, 1.807) is 24.3 Å². The molecule has 0 saturated heterocycles. The number of carbonyl (C=O) groups is 1. The van der Waals surface area contributed by atoms with Gasteiger partial charge >= 0.3 is 5.97 Å². The van der Waals surface area contributed by atoms with E-state index in [2.05, 4.69) is 5.29 Å². The van der Waals surface area contributed by atoms with Crippen molar-refractivity contribution in [2.45, 2.75) is 6.42 Å². The SMILES string of the molecule is O=NN(c1ccc(F)cc1)c1ccc(CC(=O)O)cc1. The van der Waals surface area contributed by atoms with E-state index in [4.69, 9.17) is 5.11 Å². The summed E-state index contributed by atoms with van der Waals surface area (Å²) in [5.74, 6) is -1.34. The summed E-state index contributed by atoms with van der Waals surface area (Å²) in [6.07, 6.45) is -0.0919. The minimum Gasteiger partial charge on any atom is -0.481 e. The first-order chi connectivity index (χ1) is 9.60. The lowest BCUT2D eigenvalue weighted by Gasteiger charge is -2.15. The van der Waals surface area contributed by atoms with Crippen molar-refractivity contribution in [1.82, 2.24) is 0 Å². The molecule has 0 aliphatic rings. The Morgan fingerprint density at radius 2 is 1.55 bits per heavy atom. The Morgan fingerprint density at radius 3 is 2.00 bits per heavy atom. The number of nitrogens with zero attached hydrogens (tertiary/aromatic N) is 2. The van der Waals surface area contributed by atoms with Crippen LogP contribution in [0.15, 0.2) is 53.8 Å². The number of benzene rings is 2. The zero-order valence-electron chi connectivity index (χ0n) is 10.4. The van der Waals surface area contributed by atoms with Crippen molar-refractivity contribution < 1.29 is 14.3 Å². The second-order valence-electron chi connectivity index (χ2n) is 4.11. The van der Waals surface area contributed by atoms with Crippen molar-refractivity contribution >= 4 is 17.3 Å². The number of halogens is 1. The fourth-order valence-electron chi connectivity index (χ4n) is 1.76. The highest BCUT2D eigenvalue weighted by molar-refractivity contribution is 5.71. The molecule has 0 bridgehead atoms. The van der Waals surface area contributed by atoms with E-state index in [0.29, 0.717) is 16.9 Å². The molecule has 0 aromatic heterocycles. The molecule has 20 heavy (non-hydrogen) atoms. The van der Waals surface area contributed by atoms with Gasteiger partial charge in [-0.3, -0.25) is 4.79 Å². The number of hydrogen-bond donors (Lipinski definition) is 1. The summed E-state index contributed by atoms with van der Waals surface area (Å²) in [6, 6.07) is 11.7. The molecule has 5 nitrogen and oxygen atoms in total. The molecule has 0 aliphatic carbocycles. The number of anilines is 2. The number of hydrogen-bond acceptors (Lipinski definition) is 3. The summed E-state index contributed by atoms with van der Waals surface area (Å²) in [5.41, 5.74) is 1.51. The van der Waals surface area contributed by atoms with E-state index in [-0.39, 0.29) is 6.42 Å². The summed E-state index contributed by atoms with van der Waals surface area (Å²) in [6.45, 7) is 0. The van der Waals surface area contributed by atoms with Gasteiger partial charge in [0.1, 0.15) is 5.82 Å². The van der Waals surface area contributed by atoms with E-state index >= 15 is 0 Å². The van der Waals surface area contributed by atoms with Gasteiger partial charge in [0.2, 0.25) is 0 Å². The van der Waals surface area contributed by atoms with Gasteiger partial charge in [0.15, 0.2) is 0 Å². The molecule has 0 spiro atoms. The number of nitroso groups, excluding NO2 is 1. The number of carboxylic acid groups (broad SMARTS) is 1. The predicted molar refractivity (Wildman–Crippen MR) is 72.1 cm³/mol. The maximum Gasteiger partial charge on any atom is 0.307 e. The number of aliphatic carboxylic acids is 1. The molecule has 0 amide bonds. The highest BCUT2D eigenvalue weighted by atomic mass is 19.1. The zero-order chi connectivity index (χ0) is 14.5. The van der Waals surface area contributed by atoms with Crippen molar-refractivity contribution in [2.75, 3.05) is 5.01 Å². The molecule has 102 valence electrons. The zero-order valence-corrected chi connectivity index (χ0v) is 10.4. The van der Waals surface area contributed by atoms with Crippen LogP contribution in [-0.2, 0) is 11.2 Å². The lowest BCUT2D eigenvalue weighted by Crippen LogP contribution is -2.08. The van der Waals surface area contributed by atoms with Crippen molar-refractivity contribution in [3.05, 3.63) is 64.8 Å². The average molecular weight is 274 g/mol. The van der Waals surface area contributed by atoms with Crippen LogP contribution in [0.4, 0.5) is 15.8 Å². The molecule has 1 N–H and O–H groups in total. The van der Waals surface area contributed by atoms with Crippen LogP contribution in [0.2, 0.25) is 0 Å². The number of carboxylic acids is 1. The van der Waals surface area contributed by atoms with E-state index < -0.39 is 11.8 Å². The molecule has 0 unspecified atom stereocenters. The summed E-state index contributed by atoms with van der Waals surface area (Å²) in [7, 11) is 0. The van der Waals surface area contributed by atoms with Gasteiger partial charge in [0.25, 0.3) is 0 Å². The topological polar surface area (TPSA) is 70.0 Å². The normalized spacial score (nSPS) is 10.1. The van der Waals surface area contributed by atoms with Gasteiger partial charge in [0, 0.05) is 0 Å². The fraction of sp³-hybridized carbons (Fsp3) is 0.0714. The van der Waals surface area contributed by atoms with Gasteiger partial charge in [-0.05, 0) is 42.0 Å². The lowest BCUT2D eigenvalue weighted by atomic mass is 10.1. The third-order valence-corrected chi connectivity index (χ3v) is 2.69. The molecule has 0 fully saturated rings. The summed E-state index contributed by atoms with van der Waals surface area (Å²) < 4.78 is 12.8. The van der Waals surface area contributed by atoms with Crippen LogP contribution in [0.25, 0.3) is 0 Å². The highest BCUT2D eigenvalue weighted by Crippen LogP contribution is 2.26. The molecule has 0 heterocycles. The molecule has 2 aromatic rings. The average Bonchev–Trinajstić information content (AvgIpc) is 2.43. The monoisotopic (exact) mass is 274 g/mol. The Bertz CT molecular complexity index is 611. The van der Waals surface area contributed by atoms with Crippen LogP contribution in [0.5, 0.6) is 0 Å². The molecule has 0 saturated carbocycles. The lowest BCUT2D eigenvalue weighted by molar-refractivity contribution is -0.136. The Labute approximate surface area is 114 Å². The first kappa shape index (κ1) is 13.7. The maximum atomic E-state index is 12.8. The molecule has 6 heteroatoms. The Balaban J connectivity index is 2.25. The Hall–Kier alpha value is -2.76. The van der Waals surface area contributed by atoms with E-state index in [1.807, 2.05) is 0 Å². The van der Waals surface area contributed by atoms with Gasteiger partial charge in [-0.25, -0.2) is 4.39 Å². The summed E-state index contributed by atoms with van der Waals surface area (Å²) in [4.78, 5) is 21.5. The molecule has 2 rings (SSSR count). The molecule has 0 radical (unpaired) electrons. The first-order valence-corrected chi connectivity index (χ1v) is 5.80. The molecule has 0 atom stereocenters. The predicted octanol–water partition coefficient (Wildman–Crippen LogP) is 3.27. The minimum absolute atomic E-state index is 0.0919. The molecule has 2 aromatic carbocycles. The van der Waals surface area contributed by atoms with Crippen LogP contribution < -0.4 is 5.01 Å². The van der Waals surface area contributed by atoms with Crippen molar-refractivity contribution in [3.8, 4) is 0 Å². The third kappa shape index (κ3) is 3.17. The Morgan fingerprint density at radius 1 is 1.05 bits per heavy atom. The van der Waals surface area contributed by atoms with Gasteiger partial charge in [-0.2, -0.15) is 5.01 Å². The van der Waals surface area contributed by atoms with Crippen LogP contribution in [0.1, 0.15) is 5.56 Å². The molecular formula is C14H11FN2O3. The fourth-order valence-corrected chi connectivity index (χ4v) is 1.76. The van der Waals surface area contributed by atoms with Crippen LogP contribution in [0.3, 0.4) is 0 Å². The van der Waals surface area contributed by atoms with Gasteiger partial charge in [-0.15, -0.1) is 4.91 Å². The van der Waals surface area contributed by atoms with E-state index in [0.717, 1.165) is 5.01 Å². The van der Waals surface area contributed by atoms with Crippen molar-refractivity contribution in [3.63, 3.8) is 0 Å². The second-order valence-corrected chi connectivity index (χ2v) is 4.11. The number of rotatable bonds is 5. The van der Waals surface area contributed by atoms with Crippen LogP contribution in [0, 0.1) is 10.7 Å². The van der Waals surface area contributed by atoms with Crippen molar-refractivity contribution in [2.24, 2.45) is 5.29 Å². The standard InChI is InChI=1S/C14H11FN2O3/c15-11-3-7-13(8-4-11)17(16-20)12-5-1-10(2-6-12)9-14(18)19/h1-8H,9H2,(H,18,19). The third-order valence-electron chi connectivity index (χ3n) is 2.69. The summed E-state index contributed by atoms with van der Waals surface area (Å²) in [5, 5.41) is 12.7. The Kier molecular flexibility index (Phi) is 4.05. The van der Waals surface area contributed by atoms with Gasteiger partial charge < -0.3 is 5.11 Å². The highest BCUT2D eigenvalue weighted by Gasteiger charge is 2.10. The second kappa shape index (κ2) is 5.92. The summed E-state index contributed by atoms with van der Waals surface area (Å²) >= 11 is 0. The smallest absolute Gasteiger partial charge is 0.307 e. The van der Waals surface area contributed by atoms with Crippen LogP contribution >= 0.6 is 0 Å².